The Bertz CT molecular complexity index is 526. The monoisotopic (exact) mass is 235 g/mol. The van der Waals surface area contributed by atoms with Crippen LogP contribution in [0.1, 0.15) is 31.5 Å². The van der Waals surface area contributed by atoms with Crippen molar-refractivity contribution in [1.82, 2.24) is 9.97 Å². The van der Waals surface area contributed by atoms with Gasteiger partial charge in [0.25, 0.3) is 0 Å². The SMILES string of the molecule is NC1(c2nc3ccc(Cl)cc3[nH]2)CCCC1. The van der Waals surface area contributed by atoms with Gasteiger partial charge in [-0.2, -0.15) is 0 Å². The zero-order valence-corrected chi connectivity index (χ0v) is 9.72. The van der Waals surface area contributed by atoms with Crippen molar-refractivity contribution >= 4 is 22.6 Å². The molecule has 16 heavy (non-hydrogen) atoms. The number of benzene rings is 1. The molecule has 0 atom stereocenters. The highest BCUT2D eigenvalue weighted by Gasteiger charge is 2.34. The summed E-state index contributed by atoms with van der Waals surface area (Å²) in [5, 5.41) is 0.722. The molecule has 1 saturated carbocycles. The first-order valence-corrected chi connectivity index (χ1v) is 6.00. The van der Waals surface area contributed by atoms with Gasteiger partial charge in [0, 0.05) is 5.02 Å². The predicted octanol–water partition coefficient (Wildman–Crippen LogP) is 2.94. The molecule has 0 saturated heterocycles. The van der Waals surface area contributed by atoms with Crippen molar-refractivity contribution in [2.75, 3.05) is 0 Å². The molecule has 1 aliphatic carbocycles. The minimum absolute atomic E-state index is 0.258. The Morgan fingerprint density at radius 2 is 2.06 bits per heavy atom. The Morgan fingerprint density at radius 1 is 1.31 bits per heavy atom. The smallest absolute Gasteiger partial charge is 0.127 e. The van der Waals surface area contributed by atoms with E-state index >= 15 is 0 Å². The molecule has 1 aliphatic rings. The number of nitrogens with one attached hydrogen (secondary N) is 1. The molecule has 3 rings (SSSR count). The molecule has 3 nitrogen and oxygen atoms in total. The second-order valence-corrected chi connectivity index (χ2v) is 5.05. The molecule has 0 unspecified atom stereocenters. The fourth-order valence-electron chi connectivity index (χ4n) is 2.46. The quantitative estimate of drug-likeness (QED) is 0.799. The minimum Gasteiger partial charge on any atom is -0.340 e. The first kappa shape index (κ1) is 10.1. The van der Waals surface area contributed by atoms with Crippen molar-refractivity contribution in [2.24, 2.45) is 5.73 Å². The zero-order valence-electron chi connectivity index (χ0n) is 8.96. The third kappa shape index (κ3) is 1.51. The van der Waals surface area contributed by atoms with Crippen molar-refractivity contribution in [3.05, 3.63) is 29.0 Å². The number of hydrogen-bond acceptors (Lipinski definition) is 2. The molecule has 1 heterocycles. The van der Waals surface area contributed by atoms with Gasteiger partial charge in [-0.05, 0) is 31.0 Å². The van der Waals surface area contributed by atoms with Crippen LogP contribution in [0.3, 0.4) is 0 Å². The van der Waals surface area contributed by atoms with Crippen LogP contribution in [0.25, 0.3) is 11.0 Å². The van der Waals surface area contributed by atoms with Gasteiger partial charge in [0.1, 0.15) is 5.82 Å². The Kier molecular flexibility index (Phi) is 2.19. The lowest BCUT2D eigenvalue weighted by molar-refractivity contribution is 0.437. The summed E-state index contributed by atoms with van der Waals surface area (Å²) in [5.41, 5.74) is 8.01. The summed E-state index contributed by atoms with van der Waals surface area (Å²) in [4.78, 5) is 7.87. The van der Waals surface area contributed by atoms with E-state index in [9.17, 15) is 0 Å². The summed E-state index contributed by atoms with van der Waals surface area (Å²) < 4.78 is 0. The summed E-state index contributed by atoms with van der Waals surface area (Å²) in [6.07, 6.45) is 4.41. The molecular weight excluding hydrogens is 222 g/mol. The minimum atomic E-state index is -0.258. The second-order valence-electron chi connectivity index (χ2n) is 4.61. The van der Waals surface area contributed by atoms with E-state index in [0.29, 0.717) is 0 Å². The van der Waals surface area contributed by atoms with Crippen LogP contribution >= 0.6 is 11.6 Å². The normalized spacial score (nSPS) is 19.4. The number of H-pyrrole nitrogens is 1. The third-order valence-corrected chi connectivity index (χ3v) is 3.65. The van der Waals surface area contributed by atoms with E-state index in [0.717, 1.165) is 34.7 Å². The maximum Gasteiger partial charge on any atom is 0.127 e. The average molecular weight is 236 g/mol. The molecule has 0 radical (unpaired) electrons. The first-order valence-electron chi connectivity index (χ1n) is 5.62. The van der Waals surface area contributed by atoms with Crippen LogP contribution in [0.5, 0.6) is 0 Å². The molecule has 84 valence electrons. The number of halogens is 1. The number of imidazole rings is 1. The zero-order chi connectivity index (χ0) is 11.2. The molecule has 0 spiro atoms. The summed E-state index contributed by atoms with van der Waals surface area (Å²) >= 11 is 5.94. The topological polar surface area (TPSA) is 54.7 Å². The summed E-state index contributed by atoms with van der Waals surface area (Å²) in [6.45, 7) is 0. The fourth-order valence-corrected chi connectivity index (χ4v) is 2.63. The molecule has 4 heteroatoms. The lowest BCUT2D eigenvalue weighted by Crippen LogP contribution is -2.34. The fraction of sp³-hybridized carbons (Fsp3) is 0.417. The molecule has 3 N–H and O–H groups in total. The number of aromatic amines is 1. The summed E-state index contributed by atoms with van der Waals surface area (Å²) in [6, 6.07) is 5.67. The van der Waals surface area contributed by atoms with E-state index in [-0.39, 0.29) is 5.54 Å². The first-order chi connectivity index (χ1) is 7.67. The van der Waals surface area contributed by atoms with E-state index in [1.54, 1.807) is 0 Å². The number of aromatic nitrogens is 2. The van der Waals surface area contributed by atoms with Crippen molar-refractivity contribution in [1.29, 1.82) is 0 Å². The Hall–Kier alpha value is -1.06. The Labute approximate surface area is 99.0 Å². The highest BCUT2D eigenvalue weighted by atomic mass is 35.5. The lowest BCUT2D eigenvalue weighted by Gasteiger charge is -2.19. The maximum absolute atomic E-state index is 6.36. The van der Waals surface area contributed by atoms with Crippen LogP contribution in [-0.4, -0.2) is 9.97 Å². The number of rotatable bonds is 1. The van der Waals surface area contributed by atoms with E-state index < -0.39 is 0 Å². The number of nitrogens with zero attached hydrogens (tertiary/aromatic N) is 1. The molecule has 0 amide bonds. The van der Waals surface area contributed by atoms with Crippen molar-refractivity contribution in [3.63, 3.8) is 0 Å². The van der Waals surface area contributed by atoms with Gasteiger partial charge in [-0.3, -0.25) is 0 Å². The Morgan fingerprint density at radius 3 is 2.81 bits per heavy atom. The maximum atomic E-state index is 6.36. The van der Waals surface area contributed by atoms with Gasteiger partial charge >= 0.3 is 0 Å². The average Bonchev–Trinajstić information content (AvgIpc) is 2.84. The number of fused-ring (bicyclic) bond motifs is 1. The third-order valence-electron chi connectivity index (χ3n) is 3.41. The molecule has 1 aromatic heterocycles. The largest absolute Gasteiger partial charge is 0.340 e. The highest BCUT2D eigenvalue weighted by molar-refractivity contribution is 6.31. The molecule has 1 aromatic carbocycles. The Balaban J connectivity index is 2.11. The second kappa shape index (κ2) is 3.47. The van der Waals surface area contributed by atoms with Gasteiger partial charge < -0.3 is 10.7 Å². The van der Waals surface area contributed by atoms with Crippen molar-refractivity contribution in [3.8, 4) is 0 Å². The van der Waals surface area contributed by atoms with Gasteiger partial charge in [-0.15, -0.1) is 0 Å². The molecule has 0 bridgehead atoms. The predicted molar refractivity (Wildman–Crippen MR) is 65.4 cm³/mol. The molecular formula is C12H14ClN3. The van der Waals surface area contributed by atoms with Gasteiger partial charge in [-0.1, -0.05) is 24.4 Å². The van der Waals surface area contributed by atoms with Crippen LogP contribution in [0.15, 0.2) is 18.2 Å². The van der Waals surface area contributed by atoms with Gasteiger partial charge in [0.05, 0.1) is 16.6 Å². The van der Waals surface area contributed by atoms with E-state index in [1.807, 2.05) is 18.2 Å². The van der Waals surface area contributed by atoms with Gasteiger partial charge in [0.2, 0.25) is 0 Å². The summed E-state index contributed by atoms with van der Waals surface area (Å²) in [5.74, 6) is 0.905. The lowest BCUT2D eigenvalue weighted by atomic mass is 9.99. The van der Waals surface area contributed by atoms with E-state index in [2.05, 4.69) is 9.97 Å². The van der Waals surface area contributed by atoms with Crippen LogP contribution in [0, 0.1) is 0 Å². The molecule has 1 fully saturated rings. The number of nitrogens with two attached hydrogens (primary N) is 1. The molecule has 2 aromatic rings. The van der Waals surface area contributed by atoms with Crippen LogP contribution in [-0.2, 0) is 5.54 Å². The van der Waals surface area contributed by atoms with Crippen LogP contribution in [0.2, 0.25) is 5.02 Å². The van der Waals surface area contributed by atoms with Crippen molar-refractivity contribution < 1.29 is 0 Å². The van der Waals surface area contributed by atoms with Crippen LogP contribution < -0.4 is 5.73 Å². The van der Waals surface area contributed by atoms with Gasteiger partial charge in [0.15, 0.2) is 0 Å². The standard InChI is InChI=1S/C12H14ClN3/c13-8-3-4-9-10(7-8)16-11(15-9)12(14)5-1-2-6-12/h3-4,7H,1-2,5-6,14H2,(H,15,16). The number of hydrogen-bond donors (Lipinski definition) is 2. The van der Waals surface area contributed by atoms with E-state index in [4.69, 9.17) is 17.3 Å². The molecule has 0 aliphatic heterocycles. The highest BCUT2D eigenvalue weighted by Crippen LogP contribution is 2.35. The van der Waals surface area contributed by atoms with Crippen molar-refractivity contribution in [2.45, 2.75) is 31.2 Å². The summed E-state index contributed by atoms with van der Waals surface area (Å²) in [7, 11) is 0. The van der Waals surface area contributed by atoms with Crippen LogP contribution in [0.4, 0.5) is 0 Å². The van der Waals surface area contributed by atoms with E-state index in [1.165, 1.54) is 12.8 Å². The van der Waals surface area contributed by atoms with Gasteiger partial charge in [-0.25, -0.2) is 4.98 Å².